The van der Waals surface area contributed by atoms with Gasteiger partial charge >= 0.3 is 0 Å². The molecule has 0 aliphatic carbocycles. The highest BCUT2D eigenvalue weighted by Crippen LogP contribution is 2.13. The standard InChI is InChI=1S/C16H22N2O3/c1-11(2)15-16(20)18(10-14(19)17-15)7-8-21-13-6-4-5-12(3)9-13/h4-6,9,11,15H,7-8,10H2,1-3H3,(H,17,19). The van der Waals surface area contributed by atoms with Gasteiger partial charge in [-0.1, -0.05) is 26.0 Å². The van der Waals surface area contributed by atoms with Gasteiger partial charge in [0.15, 0.2) is 0 Å². The van der Waals surface area contributed by atoms with Gasteiger partial charge in [0.25, 0.3) is 0 Å². The van der Waals surface area contributed by atoms with Crippen LogP contribution in [-0.2, 0) is 9.59 Å². The topological polar surface area (TPSA) is 58.6 Å². The van der Waals surface area contributed by atoms with E-state index in [2.05, 4.69) is 5.32 Å². The summed E-state index contributed by atoms with van der Waals surface area (Å²) in [7, 11) is 0. The van der Waals surface area contributed by atoms with E-state index < -0.39 is 6.04 Å². The predicted molar refractivity (Wildman–Crippen MR) is 80.0 cm³/mol. The summed E-state index contributed by atoms with van der Waals surface area (Å²) < 4.78 is 5.64. The molecule has 5 nitrogen and oxygen atoms in total. The fourth-order valence-electron chi connectivity index (χ4n) is 2.35. The molecular weight excluding hydrogens is 268 g/mol. The van der Waals surface area contributed by atoms with Crippen LogP contribution >= 0.6 is 0 Å². The van der Waals surface area contributed by atoms with E-state index in [9.17, 15) is 9.59 Å². The van der Waals surface area contributed by atoms with Gasteiger partial charge in [0.2, 0.25) is 11.8 Å². The summed E-state index contributed by atoms with van der Waals surface area (Å²) in [5.74, 6) is 0.729. The van der Waals surface area contributed by atoms with E-state index in [0.717, 1.165) is 11.3 Å². The van der Waals surface area contributed by atoms with Crippen LogP contribution in [0.1, 0.15) is 19.4 Å². The fraction of sp³-hybridized carbons (Fsp3) is 0.500. The molecule has 1 aromatic rings. The highest BCUT2D eigenvalue weighted by molar-refractivity contribution is 5.94. The molecule has 2 rings (SSSR count). The average molecular weight is 290 g/mol. The van der Waals surface area contributed by atoms with Crippen LogP contribution in [-0.4, -0.2) is 42.5 Å². The second-order valence-electron chi connectivity index (χ2n) is 5.71. The number of benzene rings is 1. The van der Waals surface area contributed by atoms with Crippen molar-refractivity contribution in [1.29, 1.82) is 0 Å². The van der Waals surface area contributed by atoms with Crippen molar-refractivity contribution < 1.29 is 14.3 Å². The van der Waals surface area contributed by atoms with Crippen LogP contribution in [0.4, 0.5) is 0 Å². The molecule has 1 heterocycles. The summed E-state index contributed by atoms with van der Waals surface area (Å²) in [6.07, 6.45) is 0. The fourth-order valence-corrected chi connectivity index (χ4v) is 2.35. The smallest absolute Gasteiger partial charge is 0.246 e. The molecule has 0 aromatic heterocycles. The van der Waals surface area contributed by atoms with Gasteiger partial charge in [-0.05, 0) is 30.5 Å². The van der Waals surface area contributed by atoms with Crippen molar-refractivity contribution in [3.63, 3.8) is 0 Å². The van der Waals surface area contributed by atoms with E-state index in [0.29, 0.717) is 13.2 Å². The highest BCUT2D eigenvalue weighted by atomic mass is 16.5. The molecule has 1 aromatic carbocycles. The summed E-state index contributed by atoms with van der Waals surface area (Å²) in [5.41, 5.74) is 1.13. The van der Waals surface area contributed by atoms with E-state index in [1.165, 1.54) is 0 Å². The van der Waals surface area contributed by atoms with Gasteiger partial charge in [-0.25, -0.2) is 0 Å². The van der Waals surface area contributed by atoms with Gasteiger partial charge in [-0.15, -0.1) is 0 Å². The zero-order chi connectivity index (χ0) is 15.4. The second-order valence-corrected chi connectivity index (χ2v) is 5.71. The normalized spacial score (nSPS) is 18.9. The van der Waals surface area contributed by atoms with Gasteiger partial charge in [0.05, 0.1) is 13.1 Å². The number of nitrogens with zero attached hydrogens (tertiary/aromatic N) is 1. The number of piperazine rings is 1. The lowest BCUT2D eigenvalue weighted by atomic mass is 10.0. The van der Waals surface area contributed by atoms with E-state index >= 15 is 0 Å². The zero-order valence-corrected chi connectivity index (χ0v) is 12.8. The minimum Gasteiger partial charge on any atom is -0.492 e. The van der Waals surface area contributed by atoms with E-state index in [4.69, 9.17) is 4.74 Å². The molecule has 5 heteroatoms. The monoisotopic (exact) mass is 290 g/mol. The Labute approximate surface area is 125 Å². The maximum Gasteiger partial charge on any atom is 0.246 e. The third-order valence-corrected chi connectivity index (χ3v) is 3.51. The summed E-state index contributed by atoms with van der Waals surface area (Å²) in [5, 5.41) is 2.74. The van der Waals surface area contributed by atoms with E-state index in [1.54, 1.807) is 4.90 Å². The summed E-state index contributed by atoms with van der Waals surface area (Å²) in [6, 6.07) is 7.33. The molecule has 1 saturated heterocycles. The number of aryl methyl sites for hydroxylation is 1. The van der Waals surface area contributed by atoms with Crippen molar-refractivity contribution in [3.05, 3.63) is 29.8 Å². The van der Waals surface area contributed by atoms with Crippen molar-refractivity contribution in [2.75, 3.05) is 19.7 Å². The Balaban J connectivity index is 1.89. The summed E-state index contributed by atoms with van der Waals surface area (Å²) in [4.78, 5) is 25.5. The highest BCUT2D eigenvalue weighted by Gasteiger charge is 2.34. The average Bonchev–Trinajstić information content (AvgIpc) is 2.42. The maximum absolute atomic E-state index is 12.3. The molecule has 1 aliphatic rings. The first-order chi connectivity index (χ1) is 9.97. The van der Waals surface area contributed by atoms with Crippen LogP contribution in [0.5, 0.6) is 5.75 Å². The first-order valence-electron chi connectivity index (χ1n) is 7.25. The molecule has 1 fully saturated rings. The van der Waals surface area contributed by atoms with E-state index in [1.807, 2.05) is 45.0 Å². The number of carbonyl (C=O) groups excluding carboxylic acids is 2. The van der Waals surface area contributed by atoms with Crippen LogP contribution in [0.25, 0.3) is 0 Å². The van der Waals surface area contributed by atoms with Crippen LogP contribution in [0.2, 0.25) is 0 Å². The minimum atomic E-state index is -0.426. The Morgan fingerprint density at radius 1 is 1.38 bits per heavy atom. The minimum absolute atomic E-state index is 0.0301. The molecule has 0 spiro atoms. The van der Waals surface area contributed by atoms with Crippen LogP contribution in [0.15, 0.2) is 24.3 Å². The second kappa shape index (κ2) is 6.61. The number of amides is 2. The lowest BCUT2D eigenvalue weighted by molar-refractivity contribution is -0.145. The molecule has 0 saturated carbocycles. The Hall–Kier alpha value is -2.04. The Morgan fingerprint density at radius 2 is 2.14 bits per heavy atom. The molecule has 0 radical (unpaired) electrons. The van der Waals surface area contributed by atoms with Crippen molar-refractivity contribution in [1.82, 2.24) is 10.2 Å². The van der Waals surface area contributed by atoms with Crippen molar-refractivity contribution in [2.24, 2.45) is 5.92 Å². The first kappa shape index (κ1) is 15.4. The number of hydrogen-bond donors (Lipinski definition) is 1. The molecule has 2 amide bonds. The third kappa shape index (κ3) is 3.97. The lowest BCUT2D eigenvalue weighted by Crippen LogP contribution is -2.60. The molecule has 1 aliphatic heterocycles. The number of ether oxygens (including phenoxy) is 1. The number of nitrogens with one attached hydrogen (secondary N) is 1. The summed E-state index contributed by atoms with van der Waals surface area (Å²) >= 11 is 0. The van der Waals surface area contributed by atoms with E-state index in [-0.39, 0.29) is 24.3 Å². The molecule has 1 unspecified atom stereocenters. The number of carbonyl (C=O) groups is 2. The van der Waals surface area contributed by atoms with Crippen molar-refractivity contribution in [3.8, 4) is 5.75 Å². The largest absolute Gasteiger partial charge is 0.492 e. The molecule has 21 heavy (non-hydrogen) atoms. The van der Waals surface area contributed by atoms with Crippen molar-refractivity contribution >= 4 is 11.8 Å². The third-order valence-electron chi connectivity index (χ3n) is 3.51. The van der Waals surface area contributed by atoms with Crippen LogP contribution in [0, 0.1) is 12.8 Å². The summed E-state index contributed by atoms with van der Waals surface area (Å²) in [6.45, 7) is 6.76. The Kier molecular flexibility index (Phi) is 4.83. The van der Waals surface area contributed by atoms with Gasteiger partial charge < -0.3 is 15.0 Å². The van der Waals surface area contributed by atoms with Gasteiger partial charge in [-0.2, -0.15) is 0 Å². The number of rotatable bonds is 5. The number of hydrogen-bond acceptors (Lipinski definition) is 3. The first-order valence-corrected chi connectivity index (χ1v) is 7.25. The lowest BCUT2D eigenvalue weighted by Gasteiger charge is -2.34. The van der Waals surface area contributed by atoms with Crippen LogP contribution in [0.3, 0.4) is 0 Å². The zero-order valence-electron chi connectivity index (χ0n) is 12.8. The SMILES string of the molecule is Cc1cccc(OCCN2CC(=O)NC(C(C)C)C2=O)c1. The van der Waals surface area contributed by atoms with Crippen LogP contribution < -0.4 is 10.1 Å². The molecule has 1 atom stereocenters. The predicted octanol–water partition coefficient (Wildman–Crippen LogP) is 1.36. The molecule has 114 valence electrons. The van der Waals surface area contributed by atoms with Gasteiger partial charge in [-0.3, -0.25) is 9.59 Å². The maximum atomic E-state index is 12.3. The Bertz CT molecular complexity index is 528. The van der Waals surface area contributed by atoms with Gasteiger partial charge in [0, 0.05) is 0 Å². The molecule has 1 N–H and O–H groups in total. The molecular formula is C16H22N2O3. The molecule has 0 bridgehead atoms. The Morgan fingerprint density at radius 3 is 2.81 bits per heavy atom. The van der Waals surface area contributed by atoms with Gasteiger partial charge in [0.1, 0.15) is 18.4 Å². The van der Waals surface area contributed by atoms with Crippen molar-refractivity contribution in [2.45, 2.75) is 26.8 Å². The quantitative estimate of drug-likeness (QED) is 0.890.